The molecule has 1 saturated heterocycles. The number of nitrogens with zero attached hydrogens (tertiary/aromatic N) is 1. The Morgan fingerprint density at radius 3 is 2.68 bits per heavy atom. The summed E-state index contributed by atoms with van der Waals surface area (Å²) in [6.07, 6.45) is 0. The van der Waals surface area contributed by atoms with Gasteiger partial charge in [-0.3, -0.25) is 0 Å². The number of nitrogens with two attached hydrogens (primary N) is 1. The van der Waals surface area contributed by atoms with Gasteiger partial charge in [-0.2, -0.15) is 16.1 Å². The van der Waals surface area contributed by atoms with Crippen molar-refractivity contribution < 1.29 is 8.42 Å². The van der Waals surface area contributed by atoms with E-state index in [2.05, 4.69) is 6.92 Å². The Bertz CT molecular complexity index is 585. The summed E-state index contributed by atoms with van der Waals surface area (Å²) in [6.45, 7) is 6.84. The monoisotopic (exact) mass is 300 g/mol. The van der Waals surface area contributed by atoms with Crippen LogP contribution < -0.4 is 5.73 Å². The van der Waals surface area contributed by atoms with Gasteiger partial charge >= 0.3 is 0 Å². The highest BCUT2D eigenvalue weighted by Gasteiger charge is 2.30. The van der Waals surface area contributed by atoms with Crippen LogP contribution in [0.4, 0.5) is 5.69 Å². The Kier molecular flexibility index (Phi) is 4.13. The molecule has 1 aliphatic heterocycles. The molecule has 0 aliphatic carbocycles. The van der Waals surface area contributed by atoms with Gasteiger partial charge < -0.3 is 5.73 Å². The van der Waals surface area contributed by atoms with Crippen molar-refractivity contribution in [3.05, 3.63) is 23.3 Å². The maximum atomic E-state index is 12.7. The molecule has 1 fully saturated rings. The van der Waals surface area contributed by atoms with Crippen molar-refractivity contribution in [2.45, 2.75) is 30.9 Å². The molecule has 1 atom stereocenters. The quantitative estimate of drug-likeness (QED) is 0.849. The highest BCUT2D eigenvalue weighted by molar-refractivity contribution is 8.00. The van der Waals surface area contributed by atoms with Crippen LogP contribution >= 0.6 is 11.8 Å². The molecule has 1 aliphatic rings. The number of rotatable bonds is 2. The zero-order chi connectivity index (χ0) is 14.2. The van der Waals surface area contributed by atoms with Gasteiger partial charge in [0.15, 0.2) is 0 Å². The van der Waals surface area contributed by atoms with Gasteiger partial charge in [0.1, 0.15) is 0 Å². The predicted molar refractivity (Wildman–Crippen MR) is 81.0 cm³/mol. The lowest BCUT2D eigenvalue weighted by molar-refractivity contribution is 0.424. The molecule has 1 unspecified atom stereocenters. The number of benzene rings is 1. The van der Waals surface area contributed by atoms with E-state index in [0.29, 0.717) is 34.5 Å². The molecule has 1 heterocycles. The zero-order valence-electron chi connectivity index (χ0n) is 11.5. The van der Waals surface area contributed by atoms with E-state index in [9.17, 15) is 8.42 Å². The fourth-order valence-electron chi connectivity index (χ4n) is 2.26. The van der Waals surface area contributed by atoms with Gasteiger partial charge in [-0.15, -0.1) is 0 Å². The summed E-state index contributed by atoms with van der Waals surface area (Å²) in [5.41, 5.74) is 7.95. The van der Waals surface area contributed by atoms with Crippen LogP contribution in [0.3, 0.4) is 0 Å². The smallest absolute Gasteiger partial charge is 0.243 e. The van der Waals surface area contributed by atoms with Gasteiger partial charge in [0, 0.05) is 29.8 Å². The van der Waals surface area contributed by atoms with E-state index < -0.39 is 10.0 Å². The molecule has 0 saturated carbocycles. The van der Waals surface area contributed by atoms with Crippen molar-refractivity contribution in [1.82, 2.24) is 4.31 Å². The second kappa shape index (κ2) is 5.34. The Labute approximate surface area is 119 Å². The summed E-state index contributed by atoms with van der Waals surface area (Å²) in [5, 5.41) is 0.339. The van der Waals surface area contributed by atoms with Crippen LogP contribution in [-0.2, 0) is 10.0 Å². The van der Waals surface area contributed by atoms with Gasteiger partial charge in [-0.25, -0.2) is 8.42 Å². The van der Waals surface area contributed by atoms with E-state index in [1.807, 2.05) is 24.8 Å². The molecule has 6 heteroatoms. The Hall–Kier alpha value is -0.720. The highest BCUT2D eigenvalue weighted by atomic mass is 32.2. The van der Waals surface area contributed by atoms with Crippen LogP contribution in [-0.4, -0.2) is 36.8 Å². The molecule has 2 N–H and O–H groups in total. The lowest BCUT2D eigenvalue weighted by Gasteiger charge is -2.30. The van der Waals surface area contributed by atoms with E-state index in [1.54, 1.807) is 17.3 Å². The molecule has 0 radical (unpaired) electrons. The van der Waals surface area contributed by atoms with E-state index in [4.69, 9.17) is 5.73 Å². The molecule has 0 bridgehead atoms. The molecular weight excluding hydrogens is 280 g/mol. The Balaban J connectivity index is 2.45. The average molecular weight is 300 g/mol. The maximum absolute atomic E-state index is 12.7. The third-order valence-corrected chi connectivity index (χ3v) is 6.49. The first-order chi connectivity index (χ1) is 8.82. The number of anilines is 1. The first-order valence-corrected chi connectivity index (χ1v) is 8.79. The molecule has 2 rings (SSSR count). The third-order valence-electron chi connectivity index (χ3n) is 3.37. The van der Waals surface area contributed by atoms with E-state index in [0.717, 1.165) is 11.3 Å². The van der Waals surface area contributed by atoms with Crippen molar-refractivity contribution in [3.8, 4) is 0 Å². The zero-order valence-corrected chi connectivity index (χ0v) is 13.1. The summed E-state index contributed by atoms with van der Waals surface area (Å²) in [4.78, 5) is 0.351. The Morgan fingerprint density at radius 2 is 2.05 bits per heavy atom. The molecule has 4 nitrogen and oxygen atoms in total. The first kappa shape index (κ1) is 14.7. The average Bonchev–Trinajstić information content (AvgIpc) is 2.33. The summed E-state index contributed by atoms with van der Waals surface area (Å²) >= 11 is 1.81. The minimum absolute atomic E-state index is 0.339. The summed E-state index contributed by atoms with van der Waals surface area (Å²) in [6, 6.07) is 3.52. The molecule has 1 aromatic rings. The maximum Gasteiger partial charge on any atom is 0.243 e. The van der Waals surface area contributed by atoms with Gasteiger partial charge in [0.05, 0.1) is 4.90 Å². The molecule has 0 amide bonds. The summed E-state index contributed by atoms with van der Waals surface area (Å²) in [5.74, 6) is 0.848. The fourth-order valence-corrected chi connectivity index (χ4v) is 5.36. The number of aryl methyl sites for hydroxylation is 1. The molecule has 19 heavy (non-hydrogen) atoms. The molecular formula is C13H20N2O2S2. The molecule has 0 spiro atoms. The van der Waals surface area contributed by atoms with Crippen LogP contribution in [0.1, 0.15) is 18.1 Å². The van der Waals surface area contributed by atoms with Crippen LogP contribution in [0.15, 0.2) is 17.0 Å². The summed E-state index contributed by atoms with van der Waals surface area (Å²) in [7, 11) is -3.43. The molecule has 106 valence electrons. The van der Waals surface area contributed by atoms with Crippen molar-refractivity contribution >= 4 is 27.5 Å². The number of sulfonamides is 1. The van der Waals surface area contributed by atoms with Crippen molar-refractivity contribution in [2.75, 3.05) is 24.6 Å². The standard InChI is InChI=1S/C13H20N2O2S2/c1-9-6-12(14)11(3)13(7-9)19(16,17)15-4-5-18-10(2)8-15/h6-7,10H,4-5,8,14H2,1-3H3. The molecule has 0 aromatic heterocycles. The largest absolute Gasteiger partial charge is 0.398 e. The molecule has 1 aromatic carbocycles. The van der Waals surface area contributed by atoms with Crippen LogP contribution in [0.5, 0.6) is 0 Å². The van der Waals surface area contributed by atoms with Gasteiger partial charge in [0.2, 0.25) is 10.0 Å². The second-order valence-corrected chi connectivity index (χ2v) is 8.47. The van der Waals surface area contributed by atoms with Gasteiger partial charge in [0.25, 0.3) is 0 Å². The third kappa shape index (κ3) is 2.90. The number of thioether (sulfide) groups is 1. The van der Waals surface area contributed by atoms with Crippen molar-refractivity contribution in [2.24, 2.45) is 0 Å². The normalized spacial score (nSPS) is 21.5. The first-order valence-electron chi connectivity index (χ1n) is 6.31. The minimum atomic E-state index is -3.43. The highest BCUT2D eigenvalue weighted by Crippen LogP contribution is 2.29. The number of nitrogen functional groups attached to an aromatic ring is 1. The fraction of sp³-hybridized carbons (Fsp3) is 0.538. The van der Waals surface area contributed by atoms with Crippen LogP contribution in [0.25, 0.3) is 0 Å². The predicted octanol–water partition coefficient (Wildman–Crippen LogP) is 2.01. The lowest BCUT2D eigenvalue weighted by atomic mass is 10.1. The lowest BCUT2D eigenvalue weighted by Crippen LogP contribution is -2.41. The summed E-state index contributed by atoms with van der Waals surface area (Å²) < 4.78 is 27.0. The topological polar surface area (TPSA) is 63.4 Å². The van der Waals surface area contributed by atoms with Crippen molar-refractivity contribution in [3.63, 3.8) is 0 Å². The van der Waals surface area contributed by atoms with Crippen LogP contribution in [0, 0.1) is 13.8 Å². The van der Waals surface area contributed by atoms with Crippen molar-refractivity contribution in [1.29, 1.82) is 0 Å². The minimum Gasteiger partial charge on any atom is -0.398 e. The van der Waals surface area contributed by atoms with Gasteiger partial charge in [-0.1, -0.05) is 6.92 Å². The van der Waals surface area contributed by atoms with Crippen LogP contribution in [0.2, 0.25) is 0 Å². The second-order valence-electron chi connectivity index (χ2n) is 5.02. The Morgan fingerprint density at radius 1 is 1.37 bits per heavy atom. The number of hydrogen-bond donors (Lipinski definition) is 1. The SMILES string of the molecule is Cc1cc(N)c(C)c(S(=O)(=O)N2CCSC(C)C2)c1. The van der Waals surface area contributed by atoms with E-state index in [1.165, 1.54) is 0 Å². The van der Waals surface area contributed by atoms with Gasteiger partial charge in [-0.05, 0) is 37.1 Å². The number of hydrogen-bond acceptors (Lipinski definition) is 4. The van der Waals surface area contributed by atoms with E-state index in [-0.39, 0.29) is 0 Å². The van der Waals surface area contributed by atoms with E-state index >= 15 is 0 Å².